The van der Waals surface area contributed by atoms with Crippen molar-refractivity contribution in [2.45, 2.75) is 42.6 Å². The molecule has 39 heavy (non-hydrogen) atoms. The van der Waals surface area contributed by atoms with Gasteiger partial charge in [0.15, 0.2) is 0 Å². The summed E-state index contributed by atoms with van der Waals surface area (Å²) in [4.78, 5) is -0.463. The van der Waals surface area contributed by atoms with Crippen LogP contribution in [-0.4, -0.2) is 43.1 Å². The lowest BCUT2D eigenvalue weighted by Gasteiger charge is -2.24. The Morgan fingerprint density at radius 3 is 2.15 bits per heavy atom. The van der Waals surface area contributed by atoms with Gasteiger partial charge in [-0.3, -0.25) is 9.56 Å². The van der Waals surface area contributed by atoms with Gasteiger partial charge in [-0.05, 0) is 49.9 Å². The van der Waals surface area contributed by atoms with E-state index in [-0.39, 0.29) is 17.3 Å². The number of likely N-dealkylation sites (N-methyl/N-ethyl adjacent to an activating group) is 1. The van der Waals surface area contributed by atoms with Gasteiger partial charge < -0.3 is 10.4 Å². The molecule has 0 saturated carbocycles. The van der Waals surface area contributed by atoms with Crippen LogP contribution in [0.4, 0.5) is 27.6 Å². The van der Waals surface area contributed by atoms with Crippen molar-refractivity contribution in [3.63, 3.8) is 0 Å². The van der Waals surface area contributed by atoms with Gasteiger partial charge in [-0.2, -0.15) is 26.7 Å². The van der Waals surface area contributed by atoms with Gasteiger partial charge in [-0.1, -0.05) is 36.4 Å². The summed E-state index contributed by atoms with van der Waals surface area (Å²) in [6.07, 6.45) is -5.85. The Hall–Kier alpha value is -3.39. The van der Waals surface area contributed by atoms with E-state index in [4.69, 9.17) is 4.55 Å². The highest BCUT2D eigenvalue weighted by Crippen LogP contribution is 2.40. The van der Waals surface area contributed by atoms with Crippen molar-refractivity contribution in [3.8, 4) is 0 Å². The second-order valence-electron chi connectivity index (χ2n) is 8.68. The third kappa shape index (κ3) is 7.60. The topological polar surface area (TPSA) is 102 Å². The average molecular weight is 572 g/mol. The molecule has 3 aromatic rings. The minimum absolute atomic E-state index is 0.0374. The number of anilines is 1. The lowest BCUT2D eigenvalue weighted by molar-refractivity contribution is -0.0600. The minimum atomic E-state index is -4.75. The fourth-order valence-electron chi connectivity index (χ4n) is 3.80. The van der Waals surface area contributed by atoms with Crippen molar-refractivity contribution >= 4 is 21.5 Å². The van der Waals surface area contributed by atoms with E-state index in [1.807, 2.05) is 44.3 Å². The molecule has 0 radical (unpaired) electrons. The largest absolute Gasteiger partial charge is 0.431 e. The quantitative estimate of drug-likeness (QED) is 0.270. The van der Waals surface area contributed by atoms with Crippen LogP contribution >= 0.6 is 0 Å². The van der Waals surface area contributed by atoms with E-state index in [0.717, 1.165) is 47.0 Å². The van der Waals surface area contributed by atoms with Gasteiger partial charge in [0.05, 0.1) is 22.7 Å². The first-order chi connectivity index (χ1) is 18.2. The summed E-state index contributed by atoms with van der Waals surface area (Å²) < 4.78 is 97.7. The van der Waals surface area contributed by atoms with E-state index in [0.29, 0.717) is 6.07 Å². The molecule has 1 aliphatic rings. The number of aliphatic hydroxyl groups is 1. The molecule has 0 aliphatic carbocycles. The summed E-state index contributed by atoms with van der Waals surface area (Å²) in [5.41, 5.74) is -0.358. The number of aliphatic hydroxyl groups excluding tert-OH is 1. The number of halogens is 5. The molecule has 0 saturated heterocycles. The van der Waals surface area contributed by atoms with Gasteiger partial charge in [-0.15, -0.1) is 0 Å². The van der Waals surface area contributed by atoms with Gasteiger partial charge in [-0.25, -0.2) is 8.78 Å². The lowest BCUT2D eigenvalue weighted by atomic mass is 10.0. The fourth-order valence-corrected chi connectivity index (χ4v) is 4.28. The van der Waals surface area contributed by atoms with E-state index < -0.39 is 57.1 Å². The summed E-state index contributed by atoms with van der Waals surface area (Å²) in [5, 5.41) is 17.1. The van der Waals surface area contributed by atoms with Gasteiger partial charge in [0.1, 0.15) is 17.3 Å². The van der Waals surface area contributed by atoms with Crippen molar-refractivity contribution in [1.82, 2.24) is 5.32 Å². The Balaban J connectivity index is 0.000000293. The number of alkyl halides is 3. The summed E-state index contributed by atoms with van der Waals surface area (Å²) >= 11 is 0. The predicted octanol–water partition coefficient (Wildman–Crippen LogP) is 5.41. The highest BCUT2D eigenvalue weighted by atomic mass is 32.2. The Morgan fingerprint density at radius 2 is 1.64 bits per heavy atom. The van der Waals surface area contributed by atoms with Crippen LogP contribution in [0.3, 0.4) is 0 Å². The second kappa shape index (κ2) is 12.2. The Morgan fingerprint density at radius 1 is 1.03 bits per heavy atom. The Bertz CT molecular complexity index is 1400. The maximum absolute atomic E-state index is 14.1. The molecular formula is C26H26F5N3O4S. The summed E-state index contributed by atoms with van der Waals surface area (Å²) in [6, 6.07) is 15.3. The summed E-state index contributed by atoms with van der Waals surface area (Å²) in [5.74, 6) is -1.91. The highest BCUT2D eigenvalue weighted by Gasteiger charge is 2.44. The monoisotopic (exact) mass is 571 g/mol. The molecule has 3 N–H and O–H groups in total. The molecule has 3 atom stereocenters. The second-order valence-corrected chi connectivity index (χ2v) is 10.1. The standard InChI is InChI=1S/C16H11F5N2O3S.C10H15NO/c17-9-1-6-12(13(18)7-9)14-8-15(16(19,20)21)22-23(14)10-2-4-11(5-3-10)27(24,25)26;1-8(11-2)10(12)9-6-4-3-5-7-9/h1-7,14H,8H2,(H,24,25,26);3-8,10-12H,1-2H3/t14-;8-,10-/m01/s1. The molecule has 0 amide bonds. The average Bonchev–Trinajstić information content (AvgIpc) is 3.34. The van der Waals surface area contributed by atoms with Crippen molar-refractivity contribution in [3.05, 3.63) is 95.6 Å². The predicted molar refractivity (Wildman–Crippen MR) is 136 cm³/mol. The smallest absolute Gasteiger partial charge is 0.387 e. The molecule has 210 valence electrons. The van der Waals surface area contributed by atoms with Crippen LogP contribution in [-0.2, 0) is 10.1 Å². The normalized spacial score (nSPS) is 17.2. The number of hydrogen-bond donors (Lipinski definition) is 3. The highest BCUT2D eigenvalue weighted by molar-refractivity contribution is 7.85. The first kappa shape index (κ1) is 30.2. The fraction of sp³-hybridized carbons (Fsp3) is 0.269. The first-order valence-corrected chi connectivity index (χ1v) is 13.0. The summed E-state index contributed by atoms with van der Waals surface area (Å²) in [7, 11) is -2.65. The van der Waals surface area contributed by atoms with Gasteiger partial charge in [0.25, 0.3) is 10.1 Å². The van der Waals surface area contributed by atoms with Crippen LogP contribution in [0.25, 0.3) is 0 Å². The molecule has 4 rings (SSSR count). The van der Waals surface area contributed by atoms with Crippen LogP contribution in [0.15, 0.2) is 82.8 Å². The molecule has 0 aromatic heterocycles. The van der Waals surface area contributed by atoms with E-state index >= 15 is 0 Å². The van der Waals surface area contributed by atoms with Gasteiger partial charge in [0, 0.05) is 24.1 Å². The molecular weight excluding hydrogens is 545 g/mol. The van der Waals surface area contributed by atoms with Crippen LogP contribution < -0.4 is 10.3 Å². The Labute approximate surface area is 222 Å². The maximum atomic E-state index is 14.1. The number of hydrazone groups is 1. The zero-order valence-corrected chi connectivity index (χ0v) is 21.6. The lowest BCUT2D eigenvalue weighted by Crippen LogP contribution is -2.28. The molecule has 1 heterocycles. The van der Waals surface area contributed by atoms with E-state index in [1.165, 1.54) is 0 Å². The van der Waals surface area contributed by atoms with Gasteiger partial charge in [0.2, 0.25) is 0 Å². The summed E-state index contributed by atoms with van der Waals surface area (Å²) in [6.45, 7) is 1.96. The molecule has 0 fully saturated rings. The molecule has 1 aliphatic heterocycles. The number of rotatable bonds is 6. The van der Waals surface area contributed by atoms with Crippen LogP contribution in [0.5, 0.6) is 0 Å². The van der Waals surface area contributed by atoms with Gasteiger partial charge >= 0.3 is 6.18 Å². The molecule has 13 heteroatoms. The van der Waals surface area contributed by atoms with Crippen molar-refractivity contribution in [2.75, 3.05) is 12.1 Å². The van der Waals surface area contributed by atoms with Crippen molar-refractivity contribution < 1.29 is 40.0 Å². The zero-order valence-electron chi connectivity index (χ0n) is 20.8. The molecule has 0 bridgehead atoms. The minimum Gasteiger partial charge on any atom is -0.387 e. The van der Waals surface area contributed by atoms with E-state index in [9.17, 15) is 35.5 Å². The van der Waals surface area contributed by atoms with Crippen LogP contribution in [0, 0.1) is 11.6 Å². The SMILES string of the molecule is CN[C@H](C)[C@@H](O)c1ccccc1.O=S(=O)(O)c1ccc(N2N=C(C(F)(F)F)C[C@H]2c2ccc(F)cc2F)cc1. The van der Waals surface area contributed by atoms with Crippen LogP contribution in [0.1, 0.15) is 36.6 Å². The zero-order chi connectivity index (χ0) is 29.0. The number of nitrogens with one attached hydrogen (secondary N) is 1. The number of nitrogens with zero attached hydrogens (tertiary/aromatic N) is 2. The van der Waals surface area contributed by atoms with E-state index in [1.54, 1.807) is 0 Å². The van der Waals surface area contributed by atoms with E-state index in [2.05, 4.69) is 10.4 Å². The number of benzene rings is 3. The third-order valence-electron chi connectivity index (χ3n) is 6.03. The first-order valence-electron chi connectivity index (χ1n) is 11.6. The third-order valence-corrected chi connectivity index (χ3v) is 6.90. The molecule has 0 spiro atoms. The molecule has 7 nitrogen and oxygen atoms in total. The molecule has 3 aromatic carbocycles. The molecule has 0 unspecified atom stereocenters. The van der Waals surface area contributed by atoms with Crippen molar-refractivity contribution in [2.24, 2.45) is 5.10 Å². The Kier molecular flexibility index (Phi) is 9.43. The maximum Gasteiger partial charge on any atom is 0.431 e. The van der Waals surface area contributed by atoms with Crippen LogP contribution in [0.2, 0.25) is 0 Å². The van der Waals surface area contributed by atoms with Crippen molar-refractivity contribution in [1.29, 1.82) is 0 Å². The number of hydrogen-bond acceptors (Lipinski definition) is 6.